The molecular weight excluding hydrogens is 258 g/mol. The number of nitrogens with two attached hydrogens (primary N) is 1. The van der Waals surface area contributed by atoms with Crippen molar-refractivity contribution >= 4 is 5.91 Å². The molecule has 0 saturated carbocycles. The number of carbonyl (C=O) groups excluding carboxylic acids is 1. The summed E-state index contributed by atoms with van der Waals surface area (Å²) in [6, 6.07) is 2.39. The van der Waals surface area contributed by atoms with Gasteiger partial charge in [-0.2, -0.15) is 0 Å². The largest absolute Gasteiger partial charge is 0.454 e. The van der Waals surface area contributed by atoms with Gasteiger partial charge in [0.1, 0.15) is 5.76 Å². The number of rotatable bonds is 6. The van der Waals surface area contributed by atoms with E-state index in [4.69, 9.17) is 15.4 Å². The topological polar surface area (TPSA) is 91.7 Å². The summed E-state index contributed by atoms with van der Waals surface area (Å²) in [4.78, 5) is 13.9. The second-order valence-corrected chi connectivity index (χ2v) is 5.33. The van der Waals surface area contributed by atoms with Crippen molar-refractivity contribution in [3.63, 3.8) is 0 Å². The molecule has 1 aliphatic rings. The maximum atomic E-state index is 11.5. The van der Waals surface area contributed by atoms with Crippen molar-refractivity contribution < 1.29 is 14.3 Å². The normalized spacial score (nSPS) is 19.4. The molecule has 1 fully saturated rings. The maximum absolute atomic E-state index is 11.5. The molecule has 0 aromatic carbocycles. The van der Waals surface area contributed by atoms with Crippen LogP contribution in [0, 0.1) is 6.92 Å². The monoisotopic (exact) mass is 281 g/mol. The molecule has 20 heavy (non-hydrogen) atoms. The van der Waals surface area contributed by atoms with Gasteiger partial charge >= 0.3 is 5.91 Å². The zero-order valence-electron chi connectivity index (χ0n) is 11.9. The Morgan fingerprint density at radius 3 is 3.15 bits per heavy atom. The molecule has 1 aliphatic heterocycles. The van der Waals surface area contributed by atoms with E-state index >= 15 is 0 Å². The van der Waals surface area contributed by atoms with E-state index < -0.39 is 5.91 Å². The molecule has 0 aliphatic carbocycles. The Kier molecular flexibility index (Phi) is 5.17. The minimum absolute atomic E-state index is 0.241. The van der Waals surface area contributed by atoms with Crippen LogP contribution in [0.3, 0.4) is 0 Å². The number of amides is 1. The molecule has 1 aromatic rings. The number of hydrogen-bond acceptors (Lipinski definition) is 5. The smallest absolute Gasteiger partial charge is 0.301 e. The molecule has 6 nitrogen and oxygen atoms in total. The van der Waals surface area contributed by atoms with Crippen LogP contribution in [0.25, 0.3) is 0 Å². The molecule has 2 rings (SSSR count). The molecule has 0 bridgehead atoms. The van der Waals surface area contributed by atoms with Crippen molar-refractivity contribution in [2.75, 3.05) is 13.2 Å². The first-order valence-corrected chi connectivity index (χ1v) is 7.11. The van der Waals surface area contributed by atoms with E-state index in [1.165, 1.54) is 6.42 Å². The molecule has 1 saturated heterocycles. The van der Waals surface area contributed by atoms with Crippen molar-refractivity contribution in [2.45, 2.75) is 45.2 Å². The van der Waals surface area contributed by atoms with Crippen LogP contribution in [-0.4, -0.2) is 35.1 Å². The lowest BCUT2D eigenvalue weighted by Gasteiger charge is -2.23. The van der Waals surface area contributed by atoms with Gasteiger partial charge in [-0.15, -0.1) is 0 Å². The van der Waals surface area contributed by atoms with Crippen LogP contribution < -0.4 is 11.3 Å². The van der Waals surface area contributed by atoms with E-state index in [-0.39, 0.29) is 12.4 Å². The number of aliphatic hydroxyl groups is 1. The molecule has 0 radical (unpaired) electrons. The summed E-state index contributed by atoms with van der Waals surface area (Å²) in [6.45, 7) is 3.82. The molecule has 2 heterocycles. The number of likely N-dealkylation sites (tertiary alicyclic amines) is 1. The van der Waals surface area contributed by atoms with Gasteiger partial charge in [0.15, 0.2) is 5.76 Å². The lowest BCUT2D eigenvalue weighted by molar-refractivity contribution is 0.0920. The van der Waals surface area contributed by atoms with Gasteiger partial charge in [-0.25, -0.2) is 5.84 Å². The zero-order chi connectivity index (χ0) is 14.5. The third-order valence-corrected chi connectivity index (χ3v) is 3.86. The fourth-order valence-corrected chi connectivity index (χ4v) is 2.87. The highest BCUT2D eigenvalue weighted by Crippen LogP contribution is 2.25. The number of aryl methyl sites for hydroxylation is 1. The second-order valence-electron chi connectivity index (χ2n) is 5.33. The first-order chi connectivity index (χ1) is 9.65. The molecule has 0 spiro atoms. The molecular formula is C14H23N3O3. The highest BCUT2D eigenvalue weighted by atomic mass is 16.4. The first-order valence-electron chi connectivity index (χ1n) is 7.11. The Hall–Kier alpha value is -1.37. The Morgan fingerprint density at radius 1 is 1.65 bits per heavy atom. The fraction of sp³-hybridized carbons (Fsp3) is 0.643. The molecule has 4 N–H and O–H groups in total. The van der Waals surface area contributed by atoms with E-state index in [1.54, 1.807) is 0 Å². The standard InChI is InChI=1S/C14H23N3O3/c1-10-8-12(20-13(10)14(19)16-15)9-17-6-2-4-11(17)5-3-7-18/h8,11,18H,2-7,9,15H2,1H3,(H,16,19). The van der Waals surface area contributed by atoms with Gasteiger partial charge in [0.25, 0.3) is 0 Å². The SMILES string of the molecule is Cc1cc(CN2CCCC2CCCO)oc1C(=O)NN. The number of hydrazine groups is 1. The molecule has 1 amide bonds. The quantitative estimate of drug-likeness (QED) is 0.410. The van der Waals surface area contributed by atoms with Gasteiger partial charge in [0.2, 0.25) is 0 Å². The number of carbonyl (C=O) groups is 1. The van der Waals surface area contributed by atoms with Crippen molar-refractivity contribution in [1.29, 1.82) is 0 Å². The van der Waals surface area contributed by atoms with E-state index in [9.17, 15) is 4.79 Å². The van der Waals surface area contributed by atoms with Crippen molar-refractivity contribution in [3.05, 3.63) is 23.2 Å². The molecule has 1 unspecified atom stereocenters. The summed E-state index contributed by atoms with van der Waals surface area (Å²) < 4.78 is 5.60. The van der Waals surface area contributed by atoms with Crippen LogP contribution in [-0.2, 0) is 6.54 Å². The van der Waals surface area contributed by atoms with Crippen molar-refractivity contribution in [1.82, 2.24) is 10.3 Å². The Bertz CT molecular complexity index is 459. The highest BCUT2D eigenvalue weighted by Gasteiger charge is 2.25. The molecule has 1 aromatic heterocycles. The number of nitrogen functional groups attached to an aromatic ring is 1. The first kappa shape index (κ1) is 15.0. The van der Waals surface area contributed by atoms with Crippen LogP contribution in [0.1, 0.15) is 47.6 Å². The Labute approximate surface area is 118 Å². The lowest BCUT2D eigenvalue weighted by atomic mass is 10.1. The Morgan fingerprint density at radius 2 is 2.45 bits per heavy atom. The molecule has 6 heteroatoms. The van der Waals surface area contributed by atoms with Gasteiger partial charge in [-0.05, 0) is 45.2 Å². The minimum atomic E-state index is -0.396. The number of hydrogen-bond donors (Lipinski definition) is 3. The third-order valence-electron chi connectivity index (χ3n) is 3.86. The van der Waals surface area contributed by atoms with Crippen molar-refractivity contribution in [3.8, 4) is 0 Å². The van der Waals surface area contributed by atoms with Crippen LogP contribution >= 0.6 is 0 Å². The van der Waals surface area contributed by atoms with E-state index in [0.29, 0.717) is 12.6 Å². The zero-order valence-corrected chi connectivity index (χ0v) is 11.9. The molecule has 112 valence electrons. The maximum Gasteiger partial charge on any atom is 0.301 e. The van der Waals surface area contributed by atoms with Crippen LogP contribution in [0.4, 0.5) is 0 Å². The number of furan rings is 1. The summed E-state index contributed by atoms with van der Waals surface area (Å²) in [6.07, 6.45) is 4.17. The van der Waals surface area contributed by atoms with E-state index in [0.717, 1.165) is 37.1 Å². The van der Waals surface area contributed by atoms with Gasteiger partial charge in [0.05, 0.1) is 6.54 Å². The van der Waals surface area contributed by atoms with Gasteiger partial charge in [-0.1, -0.05) is 0 Å². The lowest BCUT2D eigenvalue weighted by Crippen LogP contribution is -2.30. The van der Waals surface area contributed by atoms with E-state index in [2.05, 4.69) is 10.3 Å². The second kappa shape index (κ2) is 6.88. The van der Waals surface area contributed by atoms with E-state index in [1.807, 2.05) is 13.0 Å². The highest BCUT2D eigenvalue weighted by molar-refractivity contribution is 5.92. The third kappa shape index (κ3) is 3.39. The van der Waals surface area contributed by atoms with Crippen LogP contribution in [0.2, 0.25) is 0 Å². The van der Waals surface area contributed by atoms with Crippen LogP contribution in [0.15, 0.2) is 10.5 Å². The minimum Gasteiger partial charge on any atom is -0.454 e. The fourth-order valence-electron chi connectivity index (χ4n) is 2.87. The number of nitrogens with one attached hydrogen (secondary N) is 1. The molecule has 1 atom stereocenters. The predicted molar refractivity (Wildman–Crippen MR) is 74.9 cm³/mol. The summed E-state index contributed by atoms with van der Waals surface area (Å²) in [5.74, 6) is 5.81. The number of aliphatic hydroxyl groups excluding tert-OH is 1. The summed E-state index contributed by atoms with van der Waals surface area (Å²) in [5, 5.41) is 8.94. The van der Waals surface area contributed by atoms with Gasteiger partial charge in [0, 0.05) is 18.2 Å². The van der Waals surface area contributed by atoms with Gasteiger partial charge in [-0.3, -0.25) is 15.1 Å². The number of nitrogens with zero attached hydrogens (tertiary/aromatic N) is 1. The Balaban J connectivity index is 2.00. The summed E-state index contributed by atoms with van der Waals surface area (Å²) in [5.41, 5.74) is 2.89. The average Bonchev–Trinajstić information content (AvgIpc) is 3.03. The summed E-state index contributed by atoms with van der Waals surface area (Å²) >= 11 is 0. The summed E-state index contributed by atoms with van der Waals surface area (Å²) in [7, 11) is 0. The average molecular weight is 281 g/mol. The van der Waals surface area contributed by atoms with Crippen LogP contribution in [0.5, 0.6) is 0 Å². The van der Waals surface area contributed by atoms with Gasteiger partial charge < -0.3 is 9.52 Å². The predicted octanol–water partition coefficient (Wildman–Crippen LogP) is 0.928. The van der Waals surface area contributed by atoms with Crippen molar-refractivity contribution in [2.24, 2.45) is 5.84 Å².